The number of aromatic nitrogens is 3. The van der Waals surface area contributed by atoms with Crippen molar-refractivity contribution >= 4 is 11.7 Å². The maximum atomic E-state index is 12.5. The monoisotopic (exact) mass is 301 g/mol. The Kier molecular flexibility index (Phi) is 4.06. The number of nitrogens with one attached hydrogen (secondary N) is 1. The van der Waals surface area contributed by atoms with Gasteiger partial charge in [-0.15, -0.1) is 0 Å². The van der Waals surface area contributed by atoms with Crippen LogP contribution in [0.4, 0.5) is 5.82 Å². The summed E-state index contributed by atoms with van der Waals surface area (Å²) in [7, 11) is 3.62. The summed E-state index contributed by atoms with van der Waals surface area (Å²) in [6.45, 7) is 1.54. The van der Waals surface area contributed by atoms with E-state index in [2.05, 4.69) is 15.4 Å². The van der Waals surface area contributed by atoms with Gasteiger partial charge in [0.2, 0.25) is 0 Å². The molecule has 2 aromatic heterocycles. The van der Waals surface area contributed by atoms with Crippen LogP contribution in [0.15, 0.2) is 30.5 Å². The molecule has 1 aliphatic rings. The predicted molar refractivity (Wildman–Crippen MR) is 81.6 cm³/mol. The number of pyridine rings is 1. The van der Waals surface area contributed by atoms with Crippen LogP contribution in [0, 0.1) is 0 Å². The molecule has 0 bridgehead atoms. The smallest absolute Gasteiger partial charge is 0.274 e. The first-order valence-corrected chi connectivity index (χ1v) is 7.22. The number of morpholine rings is 1. The Morgan fingerprint density at radius 3 is 3.00 bits per heavy atom. The Morgan fingerprint density at radius 2 is 2.27 bits per heavy atom. The second-order valence-corrected chi connectivity index (χ2v) is 5.18. The number of amides is 1. The summed E-state index contributed by atoms with van der Waals surface area (Å²) in [6.07, 6.45) is 1.55. The normalized spacial score (nSPS) is 18.3. The summed E-state index contributed by atoms with van der Waals surface area (Å²) in [4.78, 5) is 18.7. The first-order valence-electron chi connectivity index (χ1n) is 7.22. The lowest BCUT2D eigenvalue weighted by Gasteiger charge is -2.32. The maximum absolute atomic E-state index is 12.5. The molecule has 7 nitrogen and oxygen atoms in total. The number of aryl methyl sites for hydroxylation is 1. The highest BCUT2D eigenvalue weighted by atomic mass is 16.5. The van der Waals surface area contributed by atoms with Crippen molar-refractivity contribution in [2.45, 2.75) is 6.10 Å². The fourth-order valence-electron chi connectivity index (χ4n) is 2.47. The van der Waals surface area contributed by atoms with Crippen molar-refractivity contribution in [2.24, 2.45) is 7.05 Å². The second kappa shape index (κ2) is 6.15. The Labute approximate surface area is 128 Å². The molecule has 1 amide bonds. The van der Waals surface area contributed by atoms with Crippen molar-refractivity contribution in [3.63, 3.8) is 0 Å². The minimum atomic E-state index is -0.213. The molecule has 1 saturated heterocycles. The summed E-state index contributed by atoms with van der Waals surface area (Å²) < 4.78 is 7.40. The third kappa shape index (κ3) is 2.94. The fraction of sp³-hybridized carbons (Fsp3) is 0.400. The van der Waals surface area contributed by atoms with Gasteiger partial charge >= 0.3 is 0 Å². The van der Waals surface area contributed by atoms with Gasteiger partial charge in [-0.1, -0.05) is 6.07 Å². The third-order valence-corrected chi connectivity index (χ3v) is 3.64. The molecule has 3 heterocycles. The molecule has 0 saturated carbocycles. The second-order valence-electron chi connectivity index (χ2n) is 5.18. The van der Waals surface area contributed by atoms with E-state index in [4.69, 9.17) is 4.74 Å². The molecule has 1 N–H and O–H groups in total. The number of hydrogen-bond donors (Lipinski definition) is 1. The van der Waals surface area contributed by atoms with Crippen LogP contribution < -0.4 is 5.32 Å². The number of rotatable bonds is 3. The van der Waals surface area contributed by atoms with E-state index in [0.29, 0.717) is 25.4 Å². The zero-order valence-electron chi connectivity index (χ0n) is 12.7. The molecule has 116 valence electrons. The fourth-order valence-corrected chi connectivity index (χ4v) is 2.47. The number of carbonyl (C=O) groups excluding carboxylic acids is 1. The van der Waals surface area contributed by atoms with E-state index in [1.165, 1.54) is 0 Å². The van der Waals surface area contributed by atoms with E-state index in [0.717, 1.165) is 11.5 Å². The molecule has 1 aliphatic heterocycles. The van der Waals surface area contributed by atoms with Gasteiger partial charge in [0.1, 0.15) is 17.6 Å². The lowest BCUT2D eigenvalue weighted by atomic mass is 10.1. The lowest BCUT2D eigenvalue weighted by Crippen LogP contribution is -2.42. The Bertz CT molecular complexity index is 669. The molecule has 0 aromatic carbocycles. The molecular formula is C15H19N5O2. The molecule has 22 heavy (non-hydrogen) atoms. The van der Waals surface area contributed by atoms with Crippen LogP contribution in [-0.2, 0) is 11.8 Å². The van der Waals surface area contributed by atoms with E-state index in [1.807, 2.05) is 25.2 Å². The van der Waals surface area contributed by atoms with Gasteiger partial charge in [-0.3, -0.25) is 9.48 Å². The summed E-state index contributed by atoms with van der Waals surface area (Å²) in [6, 6.07) is 7.47. The molecule has 7 heteroatoms. The predicted octanol–water partition coefficient (Wildman–Crippen LogP) is 1.07. The highest BCUT2D eigenvalue weighted by Crippen LogP contribution is 2.22. The summed E-state index contributed by atoms with van der Waals surface area (Å²) >= 11 is 0. The number of nitrogens with zero attached hydrogens (tertiary/aromatic N) is 4. The molecule has 0 unspecified atom stereocenters. The molecular weight excluding hydrogens is 282 g/mol. The zero-order chi connectivity index (χ0) is 15.5. The Hall–Kier alpha value is -2.41. The minimum absolute atomic E-state index is 0.0707. The maximum Gasteiger partial charge on any atom is 0.274 e. The van der Waals surface area contributed by atoms with Crippen molar-refractivity contribution in [2.75, 3.05) is 32.1 Å². The van der Waals surface area contributed by atoms with Crippen LogP contribution in [0.1, 0.15) is 22.3 Å². The minimum Gasteiger partial charge on any atom is -0.373 e. The van der Waals surface area contributed by atoms with Crippen LogP contribution in [0.25, 0.3) is 0 Å². The quantitative estimate of drug-likeness (QED) is 0.918. The van der Waals surface area contributed by atoms with Gasteiger partial charge in [0.15, 0.2) is 0 Å². The molecule has 3 rings (SSSR count). The van der Waals surface area contributed by atoms with Gasteiger partial charge in [0.05, 0.1) is 18.8 Å². The van der Waals surface area contributed by atoms with Gasteiger partial charge in [-0.2, -0.15) is 5.10 Å². The third-order valence-electron chi connectivity index (χ3n) is 3.64. The van der Waals surface area contributed by atoms with Crippen LogP contribution in [0.2, 0.25) is 0 Å². The average molecular weight is 301 g/mol. The summed E-state index contributed by atoms with van der Waals surface area (Å²) in [5.41, 5.74) is 1.28. The SMILES string of the molecule is CNc1cccc([C@H]2CN(C(=O)c3ccn(C)n3)CCO2)n1. The van der Waals surface area contributed by atoms with Crippen LogP contribution in [0.5, 0.6) is 0 Å². The molecule has 2 aromatic rings. The van der Waals surface area contributed by atoms with Gasteiger partial charge < -0.3 is 15.0 Å². The molecule has 0 radical (unpaired) electrons. The first kappa shape index (κ1) is 14.5. The topological polar surface area (TPSA) is 72.3 Å². The number of carbonyl (C=O) groups is 1. The van der Waals surface area contributed by atoms with Crippen LogP contribution in [0.3, 0.4) is 0 Å². The summed E-state index contributed by atoms with van der Waals surface area (Å²) in [5.74, 6) is 0.716. The van der Waals surface area contributed by atoms with E-state index < -0.39 is 0 Å². The van der Waals surface area contributed by atoms with Crippen LogP contribution >= 0.6 is 0 Å². The van der Waals surface area contributed by atoms with E-state index >= 15 is 0 Å². The van der Waals surface area contributed by atoms with Crippen LogP contribution in [-0.4, -0.2) is 52.3 Å². The molecule has 0 aliphatic carbocycles. The van der Waals surface area contributed by atoms with Crippen molar-refractivity contribution in [1.29, 1.82) is 0 Å². The molecule has 1 atom stereocenters. The van der Waals surface area contributed by atoms with Crippen molar-refractivity contribution in [3.8, 4) is 0 Å². The zero-order valence-corrected chi connectivity index (χ0v) is 12.7. The first-order chi connectivity index (χ1) is 10.7. The summed E-state index contributed by atoms with van der Waals surface area (Å²) in [5, 5.41) is 7.18. The van der Waals surface area contributed by atoms with Crippen molar-refractivity contribution in [3.05, 3.63) is 41.9 Å². The van der Waals surface area contributed by atoms with E-state index in [1.54, 1.807) is 28.9 Å². The highest BCUT2D eigenvalue weighted by molar-refractivity contribution is 5.92. The van der Waals surface area contributed by atoms with Gasteiger partial charge in [0, 0.05) is 26.8 Å². The Morgan fingerprint density at radius 1 is 1.41 bits per heavy atom. The standard InChI is InChI=1S/C15H19N5O2/c1-16-14-5-3-4-11(17-14)13-10-20(8-9-22-13)15(21)12-6-7-19(2)18-12/h3-7,13H,8-10H2,1-2H3,(H,16,17)/t13-/m1/s1. The van der Waals surface area contributed by atoms with Crippen molar-refractivity contribution < 1.29 is 9.53 Å². The number of hydrogen-bond acceptors (Lipinski definition) is 5. The Balaban J connectivity index is 1.75. The lowest BCUT2D eigenvalue weighted by molar-refractivity contribution is -0.0248. The van der Waals surface area contributed by atoms with E-state index in [9.17, 15) is 4.79 Å². The van der Waals surface area contributed by atoms with Gasteiger partial charge in [-0.25, -0.2) is 4.98 Å². The largest absolute Gasteiger partial charge is 0.373 e. The van der Waals surface area contributed by atoms with Gasteiger partial charge in [-0.05, 0) is 18.2 Å². The highest BCUT2D eigenvalue weighted by Gasteiger charge is 2.28. The average Bonchev–Trinajstić information content (AvgIpc) is 3.01. The van der Waals surface area contributed by atoms with Gasteiger partial charge in [0.25, 0.3) is 5.91 Å². The number of ether oxygens (including phenoxy) is 1. The molecule has 1 fully saturated rings. The van der Waals surface area contributed by atoms with Crippen molar-refractivity contribution in [1.82, 2.24) is 19.7 Å². The number of anilines is 1. The molecule has 0 spiro atoms. The van der Waals surface area contributed by atoms with E-state index in [-0.39, 0.29) is 12.0 Å².